The minimum Gasteiger partial charge on any atom is -0.392 e. The standard InChI is InChI=1S/C13H16ClN5O/c1-9-10(6-18-5-3-11(20)8-18)7-19(17-9)12-2-4-15-13(14)16-12/h2,4,7,11,20H,3,5-6,8H2,1H3. The molecule has 3 heterocycles. The van der Waals surface area contributed by atoms with E-state index in [9.17, 15) is 5.11 Å². The molecule has 20 heavy (non-hydrogen) atoms. The molecule has 1 N–H and O–H groups in total. The number of aliphatic hydroxyl groups is 1. The van der Waals surface area contributed by atoms with Gasteiger partial charge in [-0.2, -0.15) is 10.1 Å². The van der Waals surface area contributed by atoms with Gasteiger partial charge in [-0.15, -0.1) is 0 Å². The lowest BCUT2D eigenvalue weighted by atomic mass is 10.2. The predicted octanol–water partition coefficient (Wildman–Crippen LogP) is 1.19. The Bertz CT molecular complexity index is 615. The zero-order valence-corrected chi connectivity index (χ0v) is 12.0. The highest BCUT2D eigenvalue weighted by atomic mass is 35.5. The summed E-state index contributed by atoms with van der Waals surface area (Å²) in [6.07, 6.45) is 4.21. The van der Waals surface area contributed by atoms with E-state index in [2.05, 4.69) is 20.0 Å². The van der Waals surface area contributed by atoms with Crippen LogP contribution in [0.3, 0.4) is 0 Å². The van der Waals surface area contributed by atoms with Crippen molar-refractivity contribution in [2.45, 2.75) is 26.0 Å². The zero-order chi connectivity index (χ0) is 14.1. The number of β-amino-alcohol motifs (C(OH)–C–C–N with tert-alkyl or cyclic N) is 1. The zero-order valence-electron chi connectivity index (χ0n) is 11.2. The fourth-order valence-electron chi connectivity index (χ4n) is 2.42. The van der Waals surface area contributed by atoms with Crippen LogP contribution < -0.4 is 0 Å². The van der Waals surface area contributed by atoms with Gasteiger partial charge in [-0.05, 0) is 24.9 Å². The van der Waals surface area contributed by atoms with Gasteiger partial charge in [0.2, 0.25) is 5.28 Å². The Hall–Kier alpha value is -1.50. The SMILES string of the molecule is Cc1nn(-c2ccnc(Cl)n2)cc1CN1CCC(O)C1. The Morgan fingerprint density at radius 1 is 1.50 bits per heavy atom. The Labute approximate surface area is 122 Å². The van der Waals surface area contributed by atoms with Crippen LogP contribution in [0.15, 0.2) is 18.5 Å². The molecule has 1 saturated heterocycles. The number of hydrogen-bond acceptors (Lipinski definition) is 5. The van der Waals surface area contributed by atoms with Crippen LogP contribution in [0.2, 0.25) is 5.28 Å². The lowest BCUT2D eigenvalue weighted by Gasteiger charge is -2.13. The molecule has 106 valence electrons. The third-order valence-electron chi connectivity index (χ3n) is 3.49. The van der Waals surface area contributed by atoms with E-state index in [4.69, 9.17) is 11.6 Å². The average molecular weight is 294 g/mol. The molecule has 0 aromatic carbocycles. The van der Waals surface area contributed by atoms with E-state index < -0.39 is 0 Å². The number of aliphatic hydroxyl groups excluding tert-OH is 1. The first-order valence-corrected chi connectivity index (χ1v) is 6.94. The van der Waals surface area contributed by atoms with Gasteiger partial charge in [0.25, 0.3) is 0 Å². The predicted molar refractivity (Wildman–Crippen MR) is 74.8 cm³/mol. The number of aromatic nitrogens is 4. The first-order valence-electron chi connectivity index (χ1n) is 6.56. The van der Waals surface area contributed by atoms with Crippen molar-refractivity contribution in [1.29, 1.82) is 0 Å². The topological polar surface area (TPSA) is 67.1 Å². The monoisotopic (exact) mass is 293 g/mol. The van der Waals surface area contributed by atoms with E-state index in [-0.39, 0.29) is 11.4 Å². The molecule has 0 aliphatic carbocycles. The normalized spacial score (nSPS) is 19.6. The van der Waals surface area contributed by atoms with E-state index in [0.29, 0.717) is 5.82 Å². The van der Waals surface area contributed by atoms with Crippen molar-refractivity contribution in [3.05, 3.63) is 35.0 Å². The third kappa shape index (κ3) is 2.82. The first kappa shape index (κ1) is 13.5. The van der Waals surface area contributed by atoms with Crippen molar-refractivity contribution in [3.8, 4) is 5.82 Å². The molecular weight excluding hydrogens is 278 g/mol. The molecule has 1 unspecified atom stereocenters. The van der Waals surface area contributed by atoms with Gasteiger partial charge in [0.05, 0.1) is 11.8 Å². The summed E-state index contributed by atoms with van der Waals surface area (Å²) in [6.45, 7) is 4.41. The second kappa shape index (κ2) is 5.47. The molecule has 1 aliphatic heterocycles. The molecule has 2 aromatic rings. The summed E-state index contributed by atoms with van der Waals surface area (Å²) in [6, 6.07) is 1.77. The van der Waals surface area contributed by atoms with Gasteiger partial charge >= 0.3 is 0 Å². The smallest absolute Gasteiger partial charge is 0.224 e. The van der Waals surface area contributed by atoms with E-state index >= 15 is 0 Å². The summed E-state index contributed by atoms with van der Waals surface area (Å²) in [7, 11) is 0. The number of hydrogen-bond donors (Lipinski definition) is 1. The van der Waals surface area contributed by atoms with Gasteiger partial charge in [0.1, 0.15) is 0 Å². The molecule has 0 amide bonds. The highest BCUT2D eigenvalue weighted by molar-refractivity contribution is 6.28. The summed E-state index contributed by atoms with van der Waals surface area (Å²) >= 11 is 5.80. The van der Waals surface area contributed by atoms with Crippen molar-refractivity contribution < 1.29 is 5.11 Å². The van der Waals surface area contributed by atoms with Crippen LogP contribution in [0.4, 0.5) is 0 Å². The molecule has 1 aliphatic rings. The van der Waals surface area contributed by atoms with Crippen molar-refractivity contribution >= 4 is 11.6 Å². The summed E-state index contributed by atoms with van der Waals surface area (Å²) < 4.78 is 1.71. The fourth-order valence-corrected chi connectivity index (χ4v) is 2.56. The van der Waals surface area contributed by atoms with Crippen LogP contribution in [0.25, 0.3) is 5.82 Å². The summed E-state index contributed by atoms with van der Waals surface area (Å²) in [5.74, 6) is 0.654. The maximum atomic E-state index is 9.57. The molecular formula is C13H16ClN5O. The van der Waals surface area contributed by atoms with Crippen molar-refractivity contribution in [2.75, 3.05) is 13.1 Å². The average Bonchev–Trinajstić information content (AvgIpc) is 2.97. The second-order valence-electron chi connectivity index (χ2n) is 5.05. The lowest BCUT2D eigenvalue weighted by molar-refractivity contribution is 0.174. The van der Waals surface area contributed by atoms with E-state index in [0.717, 1.165) is 37.3 Å². The van der Waals surface area contributed by atoms with Gasteiger partial charge in [-0.25, -0.2) is 9.67 Å². The fraction of sp³-hybridized carbons (Fsp3) is 0.462. The van der Waals surface area contributed by atoms with Crippen LogP contribution in [0.1, 0.15) is 17.7 Å². The van der Waals surface area contributed by atoms with Gasteiger partial charge in [-0.3, -0.25) is 4.90 Å². The molecule has 7 heteroatoms. The lowest BCUT2D eigenvalue weighted by Crippen LogP contribution is -2.21. The minimum absolute atomic E-state index is 0.203. The Morgan fingerprint density at radius 2 is 2.35 bits per heavy atom. The molecule has 0 radical (unpaired) electrons. The van der Waals surface area contributed by atoms with Crippen LogP contribution >= 0.6 is 11.6 Å². The highest BCUT2D eigenvalue weighted by Gasteiger charge is 2.21. The number of rotatable bonds is 3. The maximum absolute atomic E-state index is 9.57. The summed E-state index contributed by atoms with van der Waals surface area (Å²) in [5, 5.41) is 14.2. The van der Waals surface area contributed by atoms with E-state index in [1.54, 1.807) is 16.9 Å². The van der Waals surface area contributed by atoms with E-state index in [1.807, 2.05) is 13.1 Å². The molecule has 1 atom stereocenters. The first-order chi connectivity index (χ1) is 9.61. The van der Waals surface area contributed by atoms with Gasteiger partial charge in [0, 0.05) is 43.7 Å². The van der Waals surface area contributed by atoms with Crippen LogP contribution in [-0.2, 0) is 6.54 Å². The van der Waals surface area contributed by atoms with Gasteiger partial charge < -0.3 is 5.11 Å². The number of aryl methyl sites for hydroxylation is 1. The molecule has 0 spiro atoms. The molecule has 2 aromatic heterocycles. The maximum Gasteiger partial charge on any atom is 0.224 e. The number of likely N-dealkylation sites (tertiary alicyclic amines) is 1. The van der Waals surface area contributed by atoms with Gasteiger partial charge in [-0.1, -0.05) is 0 Å². The van der Waals surface area contributed by atoms with Crippen LogP contribution in [0.5, 0.6) is 0 Å². The number of halogens is 1. The van der Waals surface area contributed by atoms with Crippen LogP contribution in [0, 0.1) is 6.92 Å². The summed E-state index contributed by atoms with van der Waals surface area (Å²) in [5.41, 5.74) is 2.09. The molecule has 0 bridgehead atoms. The molecule has 3 rings (SSSR count). The molecule has 0 saturated carbocycles. The van der Waals surface area contributed by atoms with Crippen molar-refractivity contribution in [3.63, 3.8) is 0 Å². The Morgan fingerprint density at radius 3 is 3.05 bits per heavy atom. The summed E-state index contributed by atoms with van der Waals surface area (Å²) in [4.78, 5) is 10.2. The largest absolute Gasteiger partial charge is 0.392 e. The molecule has 6 nitrogen and oxygen atoms in total. The Kier molecular flexibility index (Phi) is 3.69. The highest BCUT2D eigenvalue weighted by Crippen LogP contribution is 2.17. The quantitative estimate of drug-likeness (QED) is 0.861. The van der Waals surface area contributed by atoms with Crippen molar-refractivity contribution in [2.24, 2.45) is 0 Å². The van der Waals surface area contributed by atoms with Gasteiger partial charge in [0.15, 0.2) is 5.82 Å². The second-order valence-corrected chi connectivity index (χ2v) is 5.38. The van der Waals surface area contributed by atoms with Crippen LogP contribution in [-0.4, -0.2) is 48.9 Å². The molecule has 1 fully saturated rings. The van der Waals surface area contributed by atoms with E-state index in [1.165, 1.54) is 0 Å². The minimum atomic E-state index is -0.203. The Balaban J connectivity index is 1.80. The third-order valence-corrected chi connectivity index (χ3v) is 3.67. The number of nitrogens with zero attached hydrogens (tertiary/aromatic N) is 5. The van der Waals surface area contributed by atoms with Crippen molar-refractivity contribution in [1.82, 2.24) is 24.6 Å².